The summed E-state index contributed by atoms with van der Waals surface area (Å²) in [7, 11) is 0. The van der Waals surface area contributed by atoms with Crippen LogP contribution < -0.4 is 5.32 Å². The van der Waals surface area contributed by atoms with Gasteiger partial charge in [0.1, 0.15) is 12.3 Å². The molecule has 1 N–H and O–H groups in total. The molecule has 14 heavy (non-hydrogen) atoms. The summed E-state index contributed by atoms with van der Waals surface area (Å²) in [6.07, 6.45) is 0.953. The standard InChI is InChI=1S/C12H9NO/c14-7-11-9-5-1-3-8-4-2-6-10(13-11)12(8)9/h1-7,11,13H. The fourth-order valence-corrected chi connectivity index (χ4v) is 2.10. The second kappa shape index (κ2) is 2.58. The van der Waals surface area contributed by atoms with Crippen molar-refractivity contribution in [3.05, 3.63) is 42.0 Å². The van der Waals surface area contributed by atoms with Crippen LogP contribution in [0.15, 0.2) is 36.4 Å². The fraction of sp³-hybridized carbons (Fsp3) is 0.0833. The van der Waals surface area contributed by atoms with E-state index in [-0.39, 0.29) is 6.04 Å². The van der Waals surface area contributed by atoms with Crippen LogP contribution in [0.25, 0.3) is 10.8 Å². The molecule has 0 radical (unpaired) electrons. The Morgan fingerprint density at radius 3 is 2.71 bits per heavy atom. The second-order valence-electron chi connectivity index (χ2n) is 3.51. The molecule has 1 unspecified atom stereocenters. The van der Waals surface area contributed by atoms with E-state index in [1.165, 1.54) is 10.8 Å². The van der Waals surface area contributed by atoms with Crippen molar-refractivity contribution in [3.63, 3.8) is 0 Å². The Kier molecular flexibility index (Phi) is 1.39. The Labute approximate surface area is 81.5 Å². The minimum Gasteiger partial charge on any atom is -0.371 e. The molecule has 1 atom stereocenters. The predicted molar refractivity (Wildman–Crippen MR) is 56.4 cm³/mol. The lowest BCUT2D eigenvalue weighted by atomic mass is 10.0. The molecule has 2 aromatic rings. The van der Waals surface area contributed by atoms with Crippen LogP contribution in [0.2, 0.25) is 0 Å². The zero-order valence-corrected chi connectivity index (χ0v) is 7.53. The summed E-state index contributed by atoms with van der Waals surface area (Å²) in [5.41, 5.74) is 2.16. The minimum atomic E-state index is -0.170. The highest BCUT2D eigenvalue weighted by Crippen LogP contribution is 2.37. The molecular weight excluding hydrogens is 174 g/mol. The van der Waals surface area contributed by atoms with Crippen LogP contribution in [0.3, 0.4) is 0 Å². The number of nitrogens with one attached hydrogen (secondary N) is 1. The molecule has 3 rings (SSSR count). The third-order valence-corrected chi connectivity index (χ3v) is 2.72. The molecule has 0 fully saturated rings. The molecule has 0 bridgehead atoms. The van der Waals surface area contributed by atoms with Crippen molar-refractivity contribution in [2.24, 2.45) is 0 Å². The molecule has 0 spiro atoms. The second-order valence-corrected chi connectivity index (χ2v) is 3.51. The van der Waals surface area contributed by atoms with Gasteiger partial charge < -0.3 is 10.1 Å². The van der Waals surface area contributed by atoms with Crippen molar-refractivity contribution >= 4 is 22.7 Å². The van der Waals surface area contributed by atoms with Crippen LogP contribution in [0, 0.1) is 0 Å². The monoisotopic (exact) mass is 183 g/mol. The molecule has 0 amide bonds. The first-order valence-electron chi connectivity index (χ1n) is 4.63. The number of hydrogen-bond donors (Lipinski definition) is 1. The molecule has 0 saturated heterocycles. The third kappa shape index (κ3) is 0.826. The van der Waals surface area contributed by atoms with Gasteiger partial charge in [0, 0.05) is 11.1 Å². The summed E-state index contributed by atoms with van der Waals surface area (Å²) in [5, 5.41) is 5.57. The number of anilines is 1. The highest BCUT2D eigenvalue weighted by atomic mass is 16.1. The molecule has 68 valence electrons. The Bertz CT molecular complexity index is 513. The first-order valence-corrected chi connectivity index (χ1v) is 4.63. The lowest BCUT2D eigenvalue weighted by molar-refractivity contribution is -0.108. The first kappa shape index (κ1) is 7.56. The van der Waals surface area contributed by atoms with Crippen LogP contribution in [0.1, 0.15) is 11.6 Å². The Hall–Kier alpha value is -1.83. The van der Waals surface area contributed by atoms with Gasteiger partial charge in [-0.3, -0.25) is 0 Å². The highest BCUT2D eigenvalue weighted by molar-refractivity contribution is 6.02. The topological polar surface area (TPSA) is 29.1 Å². The summed E-state index contributed by atoms with van der Waals surface area (Å²) in [5.74, 6) is 0. The Balaban J connectivity index is 2.43. The molecule has 0 saturated carbocycles. The lowest BCUT2D eigenvalue weighted by Gasteiger charge is -2.02. The van der Waals surface area contributed by atoms with Gasteiger partial charge in [0.25, 0.3) is 0 Å². The largest absolute Gasteiger partial charge is 0.371 e. The molecule has 2 nitrogen and oxygen atoms in total. The maximum Gasteiger partial charge on any atom is 0.146 e. The number of hydrogen-bond acceptors (Lipinski definition) is 2. The normalized spacial score (nSPS) is 18.1. The molecule has 0 aromatic heterocycles. The fourth-order valence-electron chi connectivity index (χ4n) is 2.10. The van der Waals surface area contributed by atoms with Gasteiger partial charge in [-0.1, -0.05) is 30.3 Å². The molecule has 1 heterocycles. The van der Waals surface area contributed by atoms with E-state index in [4.69, 9.17) is 0 Å². The molecule has 1 aliphatic heterocycles. The summed E-state index contributed by atoms with van der Waals surface area (Å²) < 4.78 is 0. The van der Waals surface area contributed by atoms with Crippen molar-refractivity contribution in [2.75, 3.05) is 5.32 Å². The number of carbonyl (C=O) groups excluding carboxylic acids is 1. The van der Waals surface area contributed by atoms with Gasteiger partial charge in [-0.25, -0.2) is 0 Å². The maximum absolute atomic E-state index is 10.9. The summed E-state index contributed by atoms with van der Waals surface area (Å²) in [6.45, 7) is 0. The Morgan fingerprint density at radius 1 is 1.14 bits per heavy atom. The predicted octanol–water partition coefficient (Wildman–Crippen LogP) is 2.51. The number of carbonyl (C=O) groups is 1. The van der Waals surface area contributed by atoms with E-state index in [1.54, 1.807) is 0 Å². The zero-order valence-electron chi connectivity index (χ0n) is 7.53. The third-order valence-electron chi connectivity index (χ3n) is 2.72. The highest BCUT2D eigenvalue weighted by Gasteiger charge is 2.21. The minimum absolute atomic E-state index is 0.170. The van der Waals surface area contributed by atoms with Crippen LogP contribution in [0.5, 0.6) is 0 Å². The lowest BCUT2D eigenvalue weighted by Crippen LogP contribution is -2.04. The first-order chi connectivity index (χ1) is 6.90. The van der Waals surface area contributed by atoms with Gasteiger partial charge >= 0.3 is 0 Å². The summed E-state index contributed by atoms with van der Waals surface area (Å²) in [4.78, 5) is 10.9. The van der Waals surface area contributed by atoms with E-state index < -0.39 is 0 Å². The van der Waals surface area contributed by atoms with Gasteiger partial charge in [0.15, 0.2) is 0 Å². The smallest absolute Gasteiger partial charge is 0.146 e. The Morgan fingerprint density at radius 2 is 1.93 bits per heavy atom. The molecule has 2 heteroatoms. The van der Waals surface area contributed by atoms with Crippen molar-refractivity contribution in [3.8, 4) is 0 Å². The van der Waals surface area contributed by atoms with Crippen molar-refractivity contribution < 1.29 is 4.79 Å². The summed E-state index contributed by atoms with van der Waals surface area (Å²) in [6, 6.07) is 12.0. The van der Waals surface area contributed by atoms with Crippen molar-refractivity contribution in [1.29, 1.82) is 0 Å². The molecule has 2 aromatic carbocycles. The SMILES string of the molecule is O=CC1Nc2cccc3cccc1c23. The van der Waals surface area contributed by atoms with E-state index in [1.807, 2.05) is 24.3 Å². The number of benzene rings is 2. The van der Waals surface area contributed by atoms with Gasteiger partial charge in [0.2, 0.25) is 0 Å². The van der Waals surface area contributed by atoms with E-state index >= 15 is 0 Å². The van der Waals surface area contributed by atoms with Gasteiger partial charge in [-0.05, 0) is 17.0 Å². The van der Waals surface area contributed by atoms with E-state index in [0.29, 0.717) is 0 Å². The average Bonchev–Trinajstić information content (AvgIpc) is 2.60. The summed E-state index contributed by atoms with van der Waals surface area (Å²) >= 11 is 0. The van der Waals surface area contributed by atoms with Crippen molar-refractivity contribution in [2.45, 2.75) is 6.04 Å². The van der Waals surface area contributed by atoms with Crippen LogP contribution in [-0.4, -0.2) is 6.29 Å². The molecule has 1 aliphatic rings. The van der Waals surface area contributed by atoms with Crippen LogP contribution in [0.4, 0.5) is 5.69 Å². The average molecular weight is 183 g/mol. The van der Waals surface area contributed by atoms with Gasteiger partial charge in [-0.2, -0.15) is 0 Å². The van der Waals surface area contributed by atoms with Crippen molar-refractivity contribution in [1.82, 2.24) is 0 Å². The van der Waals surface area contributed by atoms with E-state index in [2.05, 4.69) is 17.4 Å². The van der Waals surface area contributed by atoms with E-state index in [0.717, 1.165) is 17.5 Å². The van der Waals surface area contributed by atoms with Gasteiger partial charge in [-0.15, -0.1) is 0 Å². The molecular formula is C12H9NO. The van der Waals surface area contributed by atoms with E-state index in [9.17, 15) is 4.79 Å². The van der Waals surface area contributed by atoms with Crippen LogP contribution >= 0.6 is 0 Å². The number of rotatable bonds is 1. The van der Waals surface area contributed by atoms with Crippen LogP contribution in [-0.2, 0) is 4.79 Å². The number of aldehydes is 1. The quantitative estimate of drug-likeness (QED) is 0.688. The zero-order chi connectivity index (χ0) is 9.54. The molecule has 0 aliphatic carbocycles. The maximum atomic E-state index is 10.9. The van der Waals surface area contributed by atoms with Gasteiger partial charge in [0.05, 0.1) is 0 Å².